The van der Waals surface area contributed by atoms with Crippen molar-refractivity contribution in [1.29, 1.82) is 5.26 Å². The van der Waals surface area contributed by atoms with Gasteiger partial charge >= 0.3 is 0 Å². The van der Waals surface area contributed by atoms with Crippen LogP contribution < -0.4 is 0 Å². The molecular formula is C20H29N. The molecule has 1 saturated carbocycles. The van der Waals surface area contributed by atoms with E-state index in [4.69, 9.17) is 5.26 Å². The zero-order chi connectivity index (χ0) is 14.9. The summed E-state index contributed by atoms with van der Waals surface area (Å²) in [7, 11) is 0. The van der Waals surface area contributed by atoms with E-state index in [0.29, 0.717) is 5.92 Å². The van der Waals surface area contributed by atoms with Gasteiger partial charge in [-0.25, -0.2) is 0 Å². The molecule has 1 aliphatic carbocycles. The van der Waals surface area contributed by atoms with Crippen LogP contribution in [0, 0.1) is 17.2 Å². The summed E-state index contributed by atoms with van der Waals surface area (Å²) >= 11 is 0. The van der Waals surface area contributed by atoms with Crippen molar-refractivity contribution in [2.75, 3.05) is 0 Å². The first-order valence-corrected chi connectivity index (χ1v) is 8.83. The van der Waals surface area contributed by atoms with Gasteiger partial charge in [-0.1, -0.05) is 57.6 Å². The third-order valence-corrected chi connectivity index (χ3v) is 5.05. The average molecular weight is 283 g/mol. The summed E-state index contributed by atoms with van der Waals surface area (Å²) in [5, 5.41) is 9.01. The third-order valence-electron chi connectivity index (χ3n) is 5.05. The molecule has 0 unspecified atom stereocenters. The molecule has 0 atom stereocenters. The smallest absolute Gasteiger partial charge is 0.0991 e. The Hall–Kier alpha value is -1.29. The molecule has 1 aromatic rings. The Labute approximate surface area is 130 Å². The maximum absolute atomic E-state index is 9.01. The lowest BCUT2D eigenvalue weighted by molar-refractivity contribution is 0.302. The first-order chi connectivity index (χ1) is 10.3. The highest BCUT2D eigenvalue weighted by atomic mass is 14.3. The van der Waals surface area contributed by atoms with E-state index in [1.54, 1.807) is 0 Å². The van der Waals surface area contributed by atoms with Crippen molar-refractivity contribution in [3.63, 3.8) is 0 Å². The first kappa shape index (κ1) is 16.1. The van der Waals surface area contributed by atoms with Crippen LogP contribution in [-0.2, 0) is 0 Å². The Morgan fingerprint density at radius 3 is 2.52 bits per heavy atom. The monoisotopic (exact) mass is 283 g/mol. The molecule has 21 heavy (non-hydrogen) atoms. The van der Waals surface area contributed by atoms with E-state index in [1.807, 2.05) is 12.1 Å². The summed E-state index contributed by atoms with van der Waals surface area (Å²) in [6.07, 6.45) is 13.9. The Balaban J connectivity index is 1.71. The summed E-state index contributed by atoms with van der Waals surface area (Å²) in [6, 6.07) is 10.5. The highest BCUT2D eigenvalue weighted by Crippen LogP contribution is 2.37. The Morgan fingerprint density at radius 1 is 1.05 bits per heavy atom. The van der Waals surface area contributed by atoms with Crippen LogP contribution in [0.1, 0.15) is 88.2 Å². The average Bonchev–Trinajstić information content (AvgIpc) is 2.55. The van der Waals surface area contributed by atoms with Gasteiger partial charge in [0, 0.05) is 0 Å². The van der Waals surface area contributed by atoms with Gasteiger partial charge in [-0.3, -0.25) is 0 Å². The zero-order valence-corrected chi connectivity index (χ0v) is 13.5. The van der Waals surface area contributed by atoms with Gasteiger partial charge in [0.2, 0.25) is 0 Å². The topological polar surface area (TPSA) is 23.8 Å². The van der Waals surface area contributed by atoms with E-state index in [-0.39, 0.29) is 0 Å². The van der Waals surface area contributed by atoms with E-state index in [9.17, 15) is 0 Å². The molecular weight excluding hydrogens is 254 g/mol. The van der Waals surface area contributed by atoms with Crippen molar-refractivity contribution in [2.24, 2.45) is 5.92 Å². The van der Waals surface area contributed by atoms with Crippen molar-refractivity contribution < 1.29 is 0 Å². The summed E-state index contributed by atoms with van der Waals surface area (Å²) in [4.78, 5) is 0. The normalized spacial score (nSPS) is 21.9. The fourth-order valence-electron chi connectivity index (χ4n) is 3.68. The number of unbranched alkanes of at least 4 members (excludes halogenated alkanes) is 4. The van der Waals surface area contributed by atoms with Gasteiger partial charge in [-0.15, -0.1) is 0 Å². The van der Waals surface area contributed by atoms with E-state index in [1.165, 1.54) is 69.8 Å². The fourth-order valence-corrected chi connectivity index (χ4v) is 3.68. The molecule has 1 heteroatoms. The molecule has 0 aliphatic heterocycles. The Morgan fingerprint density at radius 2 is 1.81 bits per heavy atom. The summed E-state index contributed by atoms with van der Waals surface area (Å²) < 4.78 is 0. The number of hydrogen-bond acceptors (Lipinski definition) is 1. The molecule has 0 aromatic heterocycles. The molecule has 2 rings (SSSR count). The molecule has 1 aromatic carbocycles. The van der Waals surface area contributed by atoms with Crippen molar-refractivity contribution in [1.82, 2.24) is 0 Å². The van der Waals surface area contributed by atoms with Crippen LogP contribution in [-0.4, -0.2) is 0 Å². The second-order valence-corrected chi connectivity index (χ2v) is 6.66. The molecule has 1 aliphatic rings. The Bertz CT molecular complexity index is 449. The summed E-state index contributed by atoms with van der Waals surface area (Å²) in [6.45, 7) is 2.28. The molecule has 0 bridgehead atoms. The minimum absolute atomic E-state index is 0.689. The van der Waals surface area contributed by atoms with Gasteiger partial charge in [0.15, 0.2) is 0 Å². The number of nitriles is 1. The predicted octanol–water partition coefficient (Wildman–Crippen LogP) is 6.19. The van der Waals surface area contributed by atoms with Gasteiger partial charge in [0.25, 0.3) is 0 Å². The molecule has 0 heterocycles. The maximum atomic E-state index is 9.01. The van der Waals surface area contributed by atoms with E-state index >= 15 is 0 Å². The van der Waals surface area contributed by atoms with Gasteiger partial charge in [0.05, 0.1) is 11.6 Å². The summed E-state index contributed by atoms with van der Waals surface area (Å²) in [5.74, 6) is 1.65. The molecule has 0 N–H and O–H groups in total. The van der Waals surface area contributed by atoms with Gasteiger partial charge in [-0.2, -0.15) is 5.26 Å². The van der Waals surface area contributed by atoms with Gasteiger partial charge in [0.1, 0.15) is 0 Å². The lowest BCUT2D eigenvalue weighted by Gasteiger charge is -2.29. The maximum Gasteiger partial charge on any atom is 0.0991 e. The minimum Gasteiger partial charge on any atom is -0.192 e. The first-order valence-electron chi connectivity index (χ1n) is 8.83. The predicted molar refractivity (Wildman–Crippen MR) is 89.2 cm³/mol. The molecule has 0 saturated heterocycles. The Kier molecular flexibility index (Phi) is 6.80. The van der Waals surface area contributed by atoms with Crippen LogP contribution in [0.3, 0.4) is 0 Å². The van der Waals surface area contributed by atoms with Gasteiger partial charge in [-0.05, 0) is 55.2 Å². The SMILES string of the molecule is CCCCCCCC1CCC(c2cccc(C#N)c2)CC1. The van der Waals surface area contributed by atoms with Crippen molar-refractivity contribution in [3.05, 3.63) is 35.4 Å². The molecule has 0 spiro atoms. The van der Waals surface area contributed by atoms with E-state index in [2.05, 4.69) is 25.1 Å². The molecule has 1 fully saturated rings. The number of nitrogens with zero attached hydrogens (tertiary/aromatic N) is 1. The van der Waals surface area contributed by atoms with Crippen LogP contribution >= 0.6 is 0 Å². The van der Waals surface area contributed by atoms with E-state index in [0.717, 1.165) is 11.5 Å². The number of benzene rings is 1. The van der Waals surface area contributed by atoms with Crippen LogP contribution in [0.2, 0.25) is 0 Å². The largest absolute Gasteiger partial charge is 0.192 e. The van der Waals surface area contributed by atoms with Crippen molar-refractivity contribution in [3.8, 4) is 6.07 Å². The number of hydrogen-bond donors (Lipinski definition) is 0. The molecule has 0 amide bonds. The lowest BCUT2D eigenvalue weighted by Crippen LogP contribution is -2.13. The quantitative estimate of drug-likeness (QED) is 0.547. The third kappa shape index (κ3) is 5.20. The molecule has 0 radical (unpaired) electrons. The minimum atomic E-state index is 0.689. The van der Waals surface area contributed by atoms with Crippen molar-refractivity contribution in [2.45, 2.75) is 77.0 Å². The highest BCUT2D eigenvalue weighted by molar-refractivity contribution is 5.34. The van der Waals surface area contributed by atoms with Crippen LogP contribution in [0.5, 0.6) is 0 Å². The van der Waals surface area contributed by atoms with Crippen LogP contribution in [0.4, 0.5) is 0 Å². The van der Waals surface area contributed by atoms with Crippen LogP contribution in [0.15, 0.2) is 24.3 Å². The fraction of sp³-hybridized carbons (Fsp3) is 0.650. The lowest BCUT2D eigenvalue weighted by atomic mass is 9.77. The number of rotatable bonds is 7. The van der Waals surface area contributed by atoms with Crippen molar-refractivity contribution >= 4 is 0 Å². The van der Waals surface area contributed by atoms with E-state index < -0.39 is 0 Å². The standard InChI is InChI=1S/C20H29N/c1-2-3-4-5-6-8-17-11-13-19(14-12-17)20-10-7-9-18(15-20)16-21/h7,9-10,15,17,19H,2-6,8,11-14H2,1H3. The van der Waals surface area contributed by atoms with Gasteiger partial charge < -0.3 is 0 Å². The van der Waals surface area contributed by atoms with Crippen LogP contribution in [0.25, 0.3) is 0 Å². The second-order valence-electron chi connectivity index (χ2n) is 6.66. The summed E-state index contributed by atoms with van der Waals surface area (Å²) in [5.41, 5.74) is 2.20. The molecule has 114 valence electrons. The zero-order valence-electron chi connectivity index (χ0n) is 13.5. The molecule has 1 nitrogen and oxygen atoms in total. The second kappa shape index (κ2) is 8.88. The highest BCUT2D eigenvalue weighted by Gasteiger charge is 2.22.